The first-order valence-corrected chi connectivity index (χ1v) is 8.03. The fraction of sp³-hybridized carbons (Fsp3) is 0.250. The Labute approximate surface area is 142 Å². The normalized spacial score (nSPS) is 11.0. The largest absolute Gasteiger partial charge is 0.497 e. The third-order valence-electron chi connectivity index (χ3n) is 3.83. The minimum atomic E-state index is 0.738. The standard InChI is InChI=1S/C20H22N2O2/c1-16-9-10-20(24-16)15-22(14-18-7-3-4-11-21-18)13-17-6-5-8-19(12-17)23-2/h3-12H,13-15H2,1-2H3. The van der Waals surface area contributed by atoms with Gasteiger partial charge in [-0.1, -0.05) is 18.2 Å². The molecule has 4 nitrogen and oxygen atoms in total. The lowest BCUT2D eigenvalue weighted by Gasteiger charge is -2.21. The zero-order valence-electron chi connectivity index (χ0n) is 14.1. The maximum Gasteiger partial charge on any atom is 0.119 e. The number of rotatable bonds is 7. The van der Waals surface area contributed by atoms with Crippen molar-refractivity contribution in [3.05, 3.63) is 83.6 Å². The summed E-state index contributed by atoms with van der Waals surface area (Å²) in [5.41, 5.74) is 2.25. The summed E-state index contributed by atoms with van der Waals surface area (Å²) in [5, 5.41) is 0. The number of hydrogen-bond acceptors (Lipinski definition) is 4. The smallest absolute Gasteiger partial charge is 0.119 e. The van der Waals surface area contributed by atoms with Crippen LogP contribution in [0.1, 0.15) is 22.8 Å². The van der Waals surface area contributed by atoms with Crippen LogP contribution >= 0.6 is 0 Å². The first-order chi connectivity index (χ1) is 11.7. The van der Waals surface area contributed by atoms with Crippen molar-refractivity contribution in [1.82, 2.24) is 9.88 Å². The molecule has 0 spiro atoms. The Morgan fingerprint density at radius 2 is 1.92 bits per heavy atom. The van der Waals surface area contributed by atoms with Crippen molar-refractivity contribution in [3.63, 3.8) is 0 Å². The number of nitrogens with zero attached hydrogens (tertiary/aromatic N) is 2. The van der Waals surface area contributed by atoms with Gasteiger partial charge in [0, 0.05) is 19.3 Å². The third kappa shape index (κ3) is 4.46. The van der Waals surface area contributed by atoms with E-state index in [2.05, 4.69) is 22.0 Å². The molecule has 24 heavy (non-hydrogen) atoms. The van der Waals surface area contributed by atoms with Gasteiger partial charge in [0.25, 0.3) is 0 Å². The van der Waals surface area contributed by atoms with E-state index in [1.54, 1.807) is 7.11 Å². The molecule has 3 rings (SSSR count). The van der Waals surface area contributed by atoms with Gasteiger partial charge in [0.05, 0.1) is 19.3 Å². The highest BCUT2D eigenvalue weighted by Crippen LogP contribution is 2.18. The highest BCUT2D eigenvalue weighted by atomic mass is 16.5. The molecule has 2 aromatic heterocycles. The molecule has 0 N–H and O–H groups in total. The van der Waals surface area contributed by atoms with Crippen LogP contribution in [0.15, 0.2) is 65.2 Å². The summed E-state index contributed by atoms with van der Waals surface area (Å²) < 4.78 is 11.1. The summed E-state index contributed by atoms with van der Waals surface area (Å²) in [5.74, 6) is 2.77. The summed E-state index contributed by atoms with van der Waals surface area (Å²) in [6.45, 7) is 4.27. The van der Waals surface area contributed by atoms with Crippen LogP contribution in [-0.4, -0.2) is 17.0 Å². The van der Waals surface area contributed by atoms with Crippen LogP contribution < -0.4 is 4.74 Å². The lowest BCUT2D eigenvalue weighted by atomic mass is 10.2. The average Bonchev–Trinajstić information content (AvgIpc) is 3.01. The summed E-state index contributed by atoms with van der Waals surface area (Å²) in [4.78, 5) is 6.76. The van der Waals surface area contributed by atoms with Gasteiger partial charge in [0.1, 0.15) is 17.3 Å². The van der Waals surface area contributed by atoms with Gasteiger partial charge in [0.15, 0.2) is 0 Å². The predicted octanol–water partition coefficient (Wildman–Crippen LogP) is 4.19. The van der Waals surface area contributed by atoms with E-state index in [0.717, 1.165) is 42.6 Å². The lowest BCUT2D eigenvalue weighted by molar-refractivity contribution is 0.222. The van der Waals surface area contributed by atoms with Gasteiger partial charge in [-0.3, -0.25) is 9.88 Å². The lowest BCUT2D eigenvalue weighted by Crippen LogP contribution is -2.22. The molecule has 3 aromatic rings. The zero-order chi connectivity index (χ0) is 16.8. The van der Waals surface area contributed by atoms with E-state index >= 15 is 0 Å². The van der Waals surface area contributed by atoms with Gasteiger partial charge in [-0.15, -0.1) is 0 Å². The number of aromatic nitrogens is 1. The molecule has 0 radical (unpaired) electrons. The van der Waals surface area contributed by atoms with Crippen molar-refractivity contribution in [1.29, 1.82) is 0 Å². The van der Waals surface area contributed by atoms with Crippen LogP contribution in [0.4, 0.5) is 0 Å². The zero-order valence-corrected chi connectivity index (χ0v) is 14.1. The van der Waals surface area contributed by atoms with E-state index < -0.39 is 0 Å². The highest BCUT2D eigenvalue weighted by Gasteiger charge is 2.11. The van der Waals surface area contributed by atoms with E-state index in [9.17, 15) is 0 Å². The molecule has 0 unspecified atom stereocenters. The Morgan fingerprint density at radius 3 is 2.62 bits per heavy atom. The Hall–Kier alpha value is -2.59. The minimum absolute atomic E-state index is 0.738. The van der Waals surface area contributed by atoms with Crippen LogP contribution in [-0.2, 0) is 19.6 Å². The molecule has 124 valence electrons. The summed E-state index contributed by atoms with van der Waals surface area (Å²) in [7, 11) is 1.69. The first kappa shape index (κ1) is 16.3. The maximum atomic E-state index is 5.75. The fourth-order valence-corrected chi connectivity index (χ4v) is 2.71. The molecular weight excluding hydrogens is 300 g/mol. The van der Waals surface area contributed by atoms with Crippen molar-refractivity contribution in [2.75, 3.05) is 7.11 Å². The van der Waals surface area contributed by atoms with Gasteiger partial charge in [-0.2, -0.15) is 0 Å². The Kier molecular flexibility index (Phi) is 5.29. The molecule has 2 heterocycles. The van der Waals surface area contributed by atoms with Crippen LogP contribution in [0.5, 0.6) is 5.75 Å². The number of pyridine rings is 1. The van der Waals surface area contributed by atoms with Crippen LogP contribution in [0.3, 0.4) is 0 Å². The molecule has 0 saturated carbocycles. The molecule has 0 saturated heterocycles. The second-order valence-electron chi connectivity index (χ2n) is 5.83. The maximum absolute atomic E-state index is 5.75. The monoisotopic (exact) mass is 322 g/mol. The Bertz CT molecular complexity index is 768. The fourth-order valence-electron chi connectivity index (χ4n) is 2.71. The van der Waals surface area contributed by atoms with Crippen molar-refractivity contribution >= 4 is 0 Å². The van der Waals surface area contributed by atoms with E-state index in [-0.39, 0.29) is 0 Å². The number of hydrogen-bond donors (Lipinski definition) is 0. The summed E-state index contributed by atoms with van der Waals surface area (Å²) >= 11 is 0. The number of furan rings is 1. The van der Waals surface area contributed by atoms with Gasteiger partial charge >= 0.3 is 0 Å². The Morgan fingerprint density at radius 1 is 1.00 bits per heavy atom. The van der Waals surface area contributed by atoms with Crippen molar-refractivity contribution in [2.45, 2.75) is 26.6 Å². The quantitative estimate of drug-likeness (QED) is 0.653. The van der Waals surface area contributed by atoms with Crippen molar-refractivity contribution < 1.29 is 9.15 Å². The Balaban J connectivity index is 1.77. The van der Waals surface area contributed by atoms with Gasteiger partial charge in [-0.05, 0) is 48.9 Å². The van der Waals surface area contributed by atoms with Crippen LogP contribution in [0.25, 0.3) is 0 Å². The number of ether oxygens (including phenoxy) is 1. The van der Waals surface area contributed by atoms with Crippen LogP contribution in [0.2, 0.25) is 0 Å². The SMILES string of the molecule is COc1cccc(CN(Cc2ccccn2)Cc2ccc(C)o2)c1. The molecule has 0 aliphatic heterocycles. The van der Waals surface area contributed by atoms with Crippen molar-refractivity contribution in [3.8, 4) is 5.75 Å². The summed E-state index contributed by atoms with van der Waals surface area (Å²) in [6.07, 6.45) is 1.83. The molecule has 4 heteroatoms. The molecule has 1 aromatic carbocycles. The van der Waals surface area contributed by atoms with Gasteiger partial charge in [-0.25, -0.2) is 0 Å². The number of aryl methyl sites for hydroxylation is 1. The van der Waals surface area contributed by atoms with E-state index in [4.69, 9.17) is 9.15 Å². The van der Waals surface area contributed by atoms with E-state index in [0.29, 0.717) is 0 Å². The van der Waals surface area contributed by atoms with Gasteiger partial charge < -0.3 is 9.15 Å². The molecular formula is C20H22N2O2. The molecule has 0 aliphatic carbocycles. The molecule has 0 atom stereocenters. The highest BCUT2D eigenvalue weighted by molar-refractivity contribution is 5.28. The third-order valence-corrected chi connectivity index (χ3v) is 3.83. The minimum Gasteiger partial charge on any atom is -0.497 e. The number of benzene rings is 1. The van der Waals surface area contributed by atoms with E-state index in [1.807, 2.05) is 55.6 Å². The number of methoxy groups -OCH3 is 1. The molecule has 0 fully saturated rings. The predicted molar refractivity (Wildman–Crippen MR) is 93.6 cm³/mol. The average molecular weight is 322 g/mol. The topological polar surface area (TPSA) is 38.5 Å². The second-order valence-corrected chi connectivity index (χ2v) is 5.83. The molecule has 0 aliphatic rings. The van der Waals surface area contributed by atoms with Crippen LogP contribution in [0, 0.1) is 6.92 Å². The summed E-state index contributed by atoms with van der Waals surface area (Å²) in [6, 6.07) is 18.2. The second kappa shape index (κ2) is 7.79. The van der Waals surface area contributed by atoms with Crippen molar-refractivity contribution in [2.24, 2.45) is 0 Å². The first-order valence-electron chi connectivity index (χ1n) is 8.03. The van der Waals surface area contributed by atoms with Gasteiger partial charge in [0.2, 0.25) is 0 Å². The molecule has 0 bridgehead atoms. The molecule has 0 amide bonds. The van der Waals surface area contributed by atoms with E-state index in [1.165, 1.54) is 5.56 Å².